The van der Waals surface area contributed by atoms with E-state index in [9.17, 15) is 13.2 Å². The average Bonchev–Trinajstić information content (AvgIpc) is 2.02. The van der Waals surface area contributed by atoms with Crippen LogP contribution in [0.15, 0.2) is 18.2 Å². The molecule has 0 spiro atoms. The predicted octanol–water partition coefficient (Wildman–Crippen LogP) is 3.29. The van der Waals surface area contributed by atoms with Gasteiger partial charge in [0.2, 0.25) is 0 Å². The Balaban J connectivity index is 3.20. The molecular formula is C9H4F3I. The highest BCUT2D eigenvalue weighted by molar-refractivity contribution is 14.1. The standard InChI is InChI=1S/C9H4F3I/c1-2-6-3-4-7(5-8(6)13)9(10,11)12/h1,3-5H. The molecule has 4 heteroatoms. The van der Waals surface area contributed by atoms with Crippen LogP contribution in [0, 0.1) is 15.9 Å². The molecule has 0 heterocycles. The first-order valence-electron chi connectivity index (χ1n) is 3.28. The van der Waals surface area contributed by atoms with Crippen molar-refractivity contribution in [2.75, 3.05) is 0 Å². The number of hydrogen-bond acceptors (Lipinski definition) is 0. The van der Waals surface area contributed by atoms with Gasteiger partial charge in [-0.25, -0.2) is 0 Å². The minimum atomic E-state index is -4.30. The number of alkyl halides is 3. The molecule has 0 aliphatic heterocycles. The molecule has 0 amide bonds. The van der Waals surface area contributed by atoms with E-state index in [0.717, 1.165) is 12.1 Å². The van der Waals surface area contributed by atoms with Crippen LogP contribution in [0.2, 0.25) is 0 Å². The van der Waals surface area contributed by atoms with E-state index < -0.39 is 11.7 Å². The number of terminal acetylenes is 1. The van der Waals surface area contributed by atoms with Crippen LogP contribution in [0.25, 0.3) is 0 Å². The lowest BCUT2D eigenvalue weighted by Gasteiger charge is -2.07. The lowest BCUT2D eigenvalue weighted by molar-refractivity contribution is -0.137. The van der Waals surface area contributed by atoms with E-state index in [0.29, 0.717) is 9.13 Å². The first kappa shape index (κ1) is 10.4. The second kappa shape index (κ2) is 3.58. The average molecular weight is 296 g/mol. The molecule has 13 heavy (non-hydrogen) atoms. The molecule has 0 aliphatic carbocycles. The molecule has 0 radical (unpaired) electrons. The van der Waals surface area contributed by atoms with E-state index in [1.54, 1.807) is 22.6 Å². The summed E-state index contributed by atoms with van der Waals surface area (Å²) in [5.41, 5.74) is -0.190. The second-order valence-electron chi connectivity index (χ2n) is 2.34. The molecule has 0 unspecified atom stereocenters. The summed E-state index contributed by atoms with van der Waals surface area (Å²) in [6.45, 7) is 0. The monoisotopic (exact) mass is 296 g/mol. The zero-order valence-electron chi connectivity index (χ0n) is 6.32. The summed E-state index contributed by atoms with van der Waals surface area (Å²) in [5.74, 6) is 2.30. The fourth-order valence-electron chi connectivity index (χ4n) is 0.808. The van der Waals surface area contributed by atoms with E-state index in [2.05, 4.69) is 5.92 Å². The Morgan fingerprint density at radius 3 is 2.31 bits per heavy atom. The molecular weight excluding hydrogens is 292 g/mol. The molecule has 0 bridgehead atoms. The van der Waals surface area contributed by atoms with Gasteiger partial charge < -0.3 is 0 Å². The fourth-order valence-corrected chi connectivity index (χ4v) is 1.48. The molecule has 0 N–H and O–H groups in total. The quantitative estimate of drug-likeness (QED) is 0.509. The summed E-state index contributed by atoms with van der Waals surface area (Å²) < 4.78 is 36.9. The number of benzene rings is 1. The van der Waals surface area contributed by atoms with Crippen LogP contribution in [0.1, 0.15) is 11.1 Å². The van der Waals surface area contributed by atoms with Gasteiger partial charge in [-0.15, -0.1) is 6.42 Å². The largest absolute Gasteiger partial charge is 0.416 e. The highest BCUT2D eigenvalue weighted by atomic mass is 127. The van der Waals surface area contributed by atoms with Crippen molar-refractivity contribution in [3.8, 4) is 12.3 Å². The number of hydrogen-bond donors (Lipinski definition) is 0. The smallest absolute Gasteiger partial charge is 0.166 e. The maximum atomic E-state index is 12.1. The van der Waals surface area contributed by atoms with E-state index >= 15 is 0 Å². The summed E-state index contributed by atoms with van der Waals surface area (Å²) in [6, 6.07) is 3.32. The molecule has 0 saturated carbocycles. The van der Waals surface area contributed by atoms with Crippen molar-refractivity contribution in [2.45, 2.75) is 6.18 Å². The highest BCUT2D eigenvalue weighted by Crippen LogP contribution is 2.30. The van der Waals surface area contributed by atoms with Gasteiger partial charge in [-0.05, 0) is 40.8 Å². The van der Waals surface area contributed by atoms with Gasteiger partial charge >= 0.3 is 6.18 Å². The topological polar surface area (TPSA) is 0 Å². The molecule has 0 atom stereocenters. The Morgan fingerprint density at radius 2 is 1.92 bits per heavy atom. The van der Waals surface area contributed by atoms with Gasteiger partial charge in [0.15, 0.2) is 0 Å². The lowest BCUT2D eigenvalue weighted by Crippen LogP contribution is -2.05. The Labute approximate surface area is 87.3 Å². The SMILES string of the molecule is C#Cc1ccc(C(F)(F)F)cc1I. The third-order valence-corrected chi connectivity index (χ3v) is 2.34. The molecule has 0 saturated heterocycles. The van der Waals surface area contributed by atoms with Gasteiger partial charge in [0, 0.05) is 9.13 Å². The van der Waals surface area contributed by atoms with Gasteiger partial charge in [0.1, 0.15) is 0 Å². The van der Waals surface area contributed by atoms with Crippen LogP contribution in [0.5, 0.6) is 0 Å². The number of halogens is 4. The summed E-state index contributed by atoms with van der Waals surface area (Å²) in [6.07, 6.45) is 0.775. The summed E-state index contributed by atoms with van der Waals surface area (Å²) in [4.78, 5) is 0. The lowest BCUT2D eigenvalue weighted by atomic mass is 10.1. The fraction of sp³-hybridized carbons (Fsp3) is 0.111. The van der Waals surface area contributed by atoms with Crippen LogP contribution >= 0.6 is 22.6 Å². The maximum Gasteiger partial charge on any atom is 0.416 e. The zero-order valence-corrected chi connectivity index (χ0v) is 8.48. The van der Waals surface area contributed by atoms with Crippen molar-refractivity contribution in [2.24, 2.45) is 0 Å². The number of rotatable bonds is 0. The summed E-state index contributed by atoms with van der Waals surface area (Å²) >= 11 is 1.78. The third kappa shape index (κ3) is 2.37. The molecule has 0 fully saturated rings. The van der Waals surface area contributed by atoms with E-state index in [-0.39, 0.29) is 0 Å². The normalized spacial score (nSPS) is 11.0. The molecule has 0 aliphatic rings. The van der Waals surface area contributed by atoms with Gasteiger partial charge in [0.05, 0.1) is 5.56 Å². The molecule has 68 valence electrons. The maximum absolute atomic E-state index is 12.1. The van der Waals surface area contributed by atoms with Crippen molar-refractivity contribution in [3.63, 3.8) is 0 Å². The van der Waals surface area contributed by atoms with Gasteiger partial charge in [-0.3, -0.25) is 0 Å². The van der Waals surface area contributed by atoms with E-state index in [4.69, 9.17) is 6.42 Å². The first-order valence-corrected chi connectivity index (χ1v) is 4.36. The molecule has 0 aromatic heterocycles. The van der Waals surface area contributed by atoms with Crippen LogP contribution < -0.4 is 0 Å². The summed E-state index contributed by atoms with van der Waals surface area (Å²) in [7, 11) is 0. The van der Waals surface area contributed by atoms with Crippen LogP contribution in [0.4, 0.5) is 13.2 Å². The second-order valence-corrected chi connectivity index (χ2v) is 3.50. The van der Waals surface area contributed by atoms with E-state index in [1.807, 2.05) is 0 Å². The van der Waals surface area contributed by atoms with Crippen molar-refractivity contribution in [1.29, 1.82) is 0 Å². The molecule has 1 aromatic carbocycles. The van der Waals surface area contributed by atoms with Crippen LogP contribution in [0.3, 0.4) is 0 Å². The van der Waals surface area contributed by atoms with Gasteiger partial charge in [0.25, 0.3) is 0 Å². The Kier molecular flexibility index (Phi) is 2.86. The minimum absolute atomic E-state index is 0.440. The third-order valence-electron chi connectivity index (χ3n) is 1.45. The summed E-state index contributed by atoms with van der Waals surface area (Å²) in [5, 5.41) is 0. The Morgan fingerprint density at radius 1 is 1.31 bits per heavy atom. The van der Waals surface area contributed by atoms with Gasteiger partial charge in [-0.2, -0.15) is 13.2 Å². The molecule has 1 rings (SSSR count). The van der Waals surface area contributed by atoms with Gasteiger partial charge in [-0.1, -0.05) is 5.92 Å². The Bertz CT molecular complexity index is 360. The highest BCUT2D eigenvalue weighted by Gasteiger charge is 2.30. The van der Waals surface area contributed by atoms with Crippen molar-refractivity contribution >= 4 is 22.6 Å². The first-order chi connectivity index (χ1) is 5.95. The van der Waals surface area contributed by atoms with Crippen molar-refractivity contribution < 1.29 is 13.2 Å². The molecule has 0 nitrogen and oxygen atoms in total. The molecule has 1 aromatic rings. The van der Waals surface area contributed by atoms with Crippen molar-refractivity contribution in [3.05, 3.63) is 32.9 Å². The zero-order chi connectivity index (χ0) is 10.1. The van der Waals surface area contributed by atoms with Crippen LogP contribution in [-0.4, -0.2) is 0 Å². The van der Waals surface area contributed by atoms with Crippen molar-refractivity contribution in [1.82, 2.24) is 0 Å². The Hall–Kier alpha value is -0.700. The van der Waals surface area contributed by atoms with Crippen LogP contribution in [-0.2, 0) is 6.18 Å². The van der Waals surface area contributed by atoms with E-state index in [1.165, 1.54) is 6.07 Å². The predicted molar refractivity (Wildman–Crippen MR) is 52.1 cm³/mol. The minimum Gasteiger partial charge on any atom is -0.166 e.